The van der Waals surface area contributed by atoms with Gasteiger partial charge in [0.1, 0.15) is 6.33 Å². The van der Waals surface area contributed by atoms with Gasteiger partial charge in [-0.25, -0.2) is 4.79 Å². The molecule has 0 aliphatic rings. The number of benzene rings is 2. The molecular formula is C26H32N6O. The highest BCUT2D eigenvalue weighted by Gasteiger charge is 2.16. The van der Waals surface area contributed by atoms with Gasteiger partial charge in [0.2, 0.25) is 0 Å². The summed E-state index contributed by atoms with van der Waals surface area (Å²) >= 11 is 0. The number of para-hydroxylation sites is 1. The predicted octanol–water partition coefficient (Wildman–Crippen LogP) is 4.79. The lowest BCUT2D eigenvalue weighted by Gasteiger charge is -2.11. The fraction of sp³-hybridized carbons (Fsp3) is 0.385. The predicted molar refractivity (Wildman–Crippen MR) is 131 cm³/mol. The van der Waals surface area contributed by atoms with Gasteiger partial charge in [0.05, 0.1) is 12.2 Å². The molecule has 0 unspecified atom stereocenters. The molecule has 0 aliphatic heterocycles. The zero-order valence-corrected chi connectivity index (χ0v) is 19.7. The van der Waals surface area contributed by atoms with Crippen molar-refractivity contribution in [1.82, 2.24) is 29.3 Å². The van der Waals surface area contributed by atoms with Crippen molar-refractivity contribution < 1.29 is 0 Å². The summed E-state index contributed by atoms with van der Waals surface area (Å²) in [6.45, 7) is 7.83. The van der Waals surface area contributed by atoms with Crippen LogP contribution in [0, 0.1) is 6.92 Å². The van der Waals surface area contributed by atoms with Crippen molar-refractivity contribution >= 4 is 0 Å². The minimum Gasteiger partial charge on any atom is -0.296 e. The lowest BCUT2D eigenvalue weighted by Crippen LogP contribution is -2.26. The molecule has 2 aromatic heterocycles. The van der Waals surface area contributed by atoms with Crippen LogP contribution in [0.3, 0.4) is 0 Å². The summed E-state index contributed by atoms with van der Waals surface area (Å²) < 4.78 is 5.61. The minimum absolute atomic E-state index is 0.111. The standard InChI is InChI=1S/C26H32N6O/c1-4-6-9-17-30-20(3)24(10-5-2)31(26(30)33)18-21-13-15-22(16-14-21)23-11-7-8-12-25(23)32-19-27-28-29-32/h7-8,11-16,19H,4-6,9-10,17-18H2,1-3H3. The molecule has 7 nitrogen and oxygen atoms in total. The quantitative estimate of drug-likeness (QED) is 0.330. The highest BCUT2D eigenvalue weighted by molar-refractivity contribution is 5.72. The second kappa shape index (κ2) is 10.4. The number of unbranched alkanes of at least 4 members (excludes halogenated alkanes) is 2. The van der Waals surface area contributed by atoms with Gasteiger partial charge in [0.15, 0.2) is 0 Å². The molecule has 4 aromatic rings. The van der Waals surface area contributed by atoms with E-state index >= 15 is 0 Å². The van der Waals surface area contributed by atoms with E-state index in [-0.39, 0.29) is 5.69 Å². The molecular weight excluding hydrogens is 412 g/mol. The average Bonchev–Trinajstić information content (AvgIpc) is 3.45. The maximum atomic E-state index is 13.3. The SMILES string of the molecule is CCCCCn1c(C)c(CCC)n(Cc2ccc(-c3ccccc3-n3cnnn3)cc2)c1=O. The van der Waals surface area contributed by atoms with Crippen LogP contribution in [-0.4, -0.2) is 29.3 Å². The normalized spacial score (nSPS) is 11.2. The van der Waals surface area contributed by atoms with Gasteiger partial charge in [0, 0.05) is 23.5 Å². The number of nitrogens with zero attached hydrogens (tertiary/aromatic N) is 6. The van der Waals surface area contributed by atoms with E-state index in [9.17, 15) is 4.79 Å². The maximum Gasteiger partial charge on any atom is 0.328 e. The zero-order chi connectivity index (χ0) is 23.2. The van der Waals surface area contributed by atoms with E-state index in [0.717, 1.165) is 72.4 Å². The summed E-state index contributed by atoms with van der Waals surface area (Å²) in [4.78, 5) is 13.3. The van der Waals surface area contributed by atoms with E-state index in [4.69, 9.17) is 0 Å². The molecule has 172 valence electrons. The van der Waals surface area contributed by atoms with Crippen LogP contribution < -0.4 is 5.69 Å². The first kappa shape index (κ1) is 22.7. The Kier molecular flexibility index (Phi) is 7.17. The van der Waals surface area contributed by atoms with E-state index in [1.807, 2.05) is 27.3 Å². The van der Waals surface area contributed by atoms with Crippen molar-refractivity contribution in [2.45, 2.75) is 66.0 Å². The molecule has 7 heteroatoms. The van der Waals surface area contributed by atoms with Gasteiger partial charge < -0.3 is 0 Å². The van der Waals surface area contributed by atoms with Crippen LogP contribution in [0.2, 0.25) is 0 Å². The molecule has 0 radical (unpaired) electrons. The summed E-state index contributed by atoms with van der Waals surface area (Å²) in [5.41, 5.74) is 6.56. The number of imidazole rings is 1. The molecule has 2 aromatic carbocycles. The molecule has 2 heterocycles. The van der Waals surface area contributed by atoms with E-state index in [1.165, 1.54) is 0 Å². The fourth-order valence-corrected chi connectivity index (χ4v) is 4.42. The van der Waals surface area contributed by atoms with E-state index in [0.29, 0.717) is 6.54 Å². The Balaban J connectivity index is 1.62. The number of tetrazole rings is 1. The zero-order valence-electron chi connectivity index (χ0n) is 19.7. The van der Waals surface area contributed by atoms with Gasteiger partial charge in [-0.3, -0.25) is 9.13 Å². The van der Waals surface area contributed by atoms with Crippen LogP contribution in [0.25, 0.3) is 16.8 Å². The van der Waals surface area contributed by atoms with Crippen molar-refractivity contribution in [1.29, 1.82) is 0 Å². The highest BCUT2D eigenvalue weighted by atomic mass is 16.1. The second-order valence-electron chi connectivity index (χ2n) is 8.48. The average molecular weight is 445 g/mol. The molecule has 0 saturated carbocycles. The van der Waals surface area contributed by atoms with Gasteiger partial charge >= 0.3 is 5.69 Å². The maximum absolute atomic E-state index is 13.3. The Morgan fingerprint density at radius 3 is 2.39 bits per heavy atom. The van der Waals surface area contributed by atoms with Crippen LogP contribution >= 0.6 is 0 Å². The Labute approximate surface area is 194 Å². The fourth-order valence-electron chi connectivity index (χ4n) is 4.42. The molecule has 0 bridgehead atoms. The van der Waals surface area contributed by atoms with Crippen molar-refractivity contribution in [2.75, 3.05) is 0 Å². The van der Waals surface area contributed by atoms with Crippen LogP contribution in [0.5, 0.6) is 0 Å². The third kappa shape index (κ3) is 4.82. The van der Waals surface area contributed by atoms with Gasteiger partial charge in [-0.2, -0.15) is 4.68 Å². The largest absolute Gasteiger partial charge is 0.328 e. The van der Waals surface area contributed by atoms with Gasteiger partial charge in [0.25, 0.3) is 0 Å². The monoisotopic (exact) mass is 444 g/mol. The Morgan fingerprint density at radius 2 is 1.70 bits per heavy atom. The summed E-state index contributed by atoms with van der Waals surface area (Å²) in [6.07, 6.45) is 6.88. The molecule has 4 rings (SSSR count). The summed E-state index contributed by atoms with van der Waals surface area (Å²) in [5.74, 6) is 0. The molecule has 0 atom stereocenters. The third-order valence-electron chi connectivity index (χ3n) is 6.19. The smallest absolute Gasteiger partial charge is 0.296 e. The van der Waals surface area contributed by atoms with Crippen LogP contribution in [0.4, 0.5) is 0 Å². The second-order valence-corrected chi connectivity index (χ2v) is 8.48. The number of rotatable bonds is 10. The van der Waals surface area contributed by atoms with Crippen LogP contribution in [0.15, 0.2) is 59.7 Å². The summed E-state index contributed by atoms with van der Waals surface area (Å²) in [6, 6.07) is 16.5. The highest BCUT2D eigenvalue weighted by Crippen LogP contribution is 2.26. The minimum atomic E-state index is 0.111. The van der Waals surface area contributed by atoms with Crippen molar-refractivity contribution in [3.05, 3.63) is 82.3 Å². The van der Waals surface area contributed by atoms with Crippen molar-refractivity contribution in [3.63, 3.8) is 0 Å². The van der Waals surface area contributed by atoms with Crippen LogP contribution in [0.1, 0.15) is 56.5 Å². The number of hydrogen-bond donors (Lipinski definition) is 0. The molecule has 0 fully saturated rings. The first-order valence-corrected chi connectivity index (χ1v) is 11.8. The topological polar surface area (TPSA) is 70.5 Å². The number of hydrogen-bond acceptors (Lipinski definition) is 4. The number of aromatic nitrogens is 6. The first-order valence-electron chi connectivity index (χ1n) is 11.8. The van der Waals surface area contributed by atoms with Gasteiger partial charge in [-0.15, -0.1) is 5.10 Å². The molecule has 0 aliphatic carbocycles. The van der Waals surface area contributed by atoms with E-state index < -0.39 is 0 Å². The van der Waals surface area contributed by atoms with Gasteiger partial charge in [-0.05, 0) is 47.4 Å². The lowest BCUT2D eigenvalue weighted by atomic mass is 10.0. The molecule has 0 saturated heterocycles. The van der Waals surface area contributed by atoms with E-state index in [2.05, 4.69) is 66.6 Å². The lowest BCUT2D eigenvalue weighted by molar-refractivity contribution is 0.566. The Bertz CT molecular complexity index is 1240. The first-order chi connectivity index (χ1) is 16.1. The van der Waals surface area contributed by atoms with Crippen molar-refractivity contribution in [2.24, 2.45) is 0 Å². The van der Waals surface area contributed by atoms with Crippen LogP contribution in [-0.2, 0) is 19.5 Å². The molecule has 0 amide bonds. The molecule has 0 spiro atoms. The van der Waals surface area contributed by atoms with Crippen molar-refractivity contribution in [3.8, 4) is 16.8 Å². The van der Waals surface area contributed by atoms with Gasteiger partial charge in [-0.1, -0.05) is 75.6 Å². The molecule has 0 N–H and O–H groups in total. The third-order valence-corrected chi connectivity index (χ3v) is 6.19. The summed E-state index contributed by atoms with van der Waals surface area (Å²) in [5, 5.41) is 11.5. The Hall–Kier alpha value is -3.48. The summed E-state index contributed by atoms with van der Waals surface area (Å²) in [7, 11) is 0. The van der Waals surface area contributed by atoms with E-state index in [1.54, 1.807) is 11.0 Å². The Morgan fingerprint density at radius 1 is 0.909 bits per heavy atom. The molecule has 33 heavy (non-hydrogen) atoms.